The molecule has 0 aliphatic heterocycles. The molecule has 84 valence electrons. The number of halogens is 1. The molecule has 1 rings (SSSR count). The van der Waals surface area contributed by atoms with E-state index in [1.807, 2.05) is 20.2 Å². The van der Waals surface area contributed by atoms with Gasteiger partial charge in [0.2, 0.25) is 0 Å². The smallest absolute Gasteiger partial charge is 0.0593 e. The normalized spacial score (nSPS) is 13.1. The lowest BCUT2D eigenvalue weighted by Crippen LogP contribution is -2.20. The van der Waals surface area contributed by atoms with E-state index in [9.17, 15) is 5.11 Å². The van der Waals surface area contributed by atoms with E-state index in [1.165, 1.54) is 0 Å². The Morgan fingerprint density at radius 1 is 1.47 bits per heavy atom. The average molecular weight is 273 g/mol. The zero-order chi connectivity index (χ0) is 11.3. The lowest BCUT2D eigenvalue weighted by atomic mass is 10.1. The highest BCUT2D eigenvalue weighted by Gasteiger charge is 2.06. The Kier molecular flexibility index (Phi) is 5.22. The standard InChI is InChI=1S/C11H17BrN2O/c1-14(2)4-3-11(15)6-9-5-10(12)8-13-7-9/h5,7-8,11,15H,3-4,6H2,1-2H3. The van der Waals surface area contributed by atoms with Gasteiger partial charge in [0.1, 0.15) is 0 Å². The van der Waals surface area contributed by atoms with Crippen LogP contribution in [0.15, 0.2) is 22.9 Å². The summed E-state index contributed by atoms with van der Waals surface area (Å²) in [5, 5.41) is 9.77. The summed E-state index contributed by atoms with van der Waals surface area (Å²) < 4.78 is 0.958. The molecule has 0 spiro atoms. The van der Waals surface area contributed by atoms with Gasteiger partial charge in [0.05, 0.1) is 6.10 Å². The fourth-order valence-electron chi connectivity index (χ4n) is 1.35. The molecule has 1 aromatic rings. The van der Waals surface area contributed by atoms with Gasteiger partial charge in [-0.15, -0.1) is 0 Å². The maximum absolute atomic E-state index is 9.77. The maximum Gasteiger partial charge on any atom is 0.0593 e. The van der Waals surface area contributed by atoms with Gasteiger partial charge in [0.25, 0.3) is 0 Å². The van der Waals surface area contributed by atoms with Crippen LogP contribution >= 0.6 is 15.9 Å². The molecule has 0 fully saturated rings. The van der Waals surface area contributed by atoms with Gasteiger partial charge in [-0.2, -0.15) is 0 Å². The molecule has 1 atom stereocenters. The highest BCUT2D eigenvalue weighted by molar-refractivity contribution is 9.10. The van der Waals surface area contributed by atoms with Crippen molar-refractivity contribution in [1.82, 2.24) is 9.88 Å². The van der Waals surface area contributed by atoms with Crippen LogP contribution in [0.2, 0.25) is 0 Å². The van der Waals surface area contributed by atoms with Crippen LogP contribution < -0.4 is 0 Å². The fraction of sp³-hybridized carbons (Fsp3) is 0.545. The van der Waals surface area contributed by atoms with Crippen molar-refractivity contribution in [2.75, 3.05) is 20.6 Å². The summed E-state index contributed by atoms with van der Waals surface area (Å²) in [6.07, 6.45) is 4.71. The Labute approximate surface area is 99.3 Å². The highest BCUT2D eigenvalue weighted by Crippen LogP contribution is 2.12. The van der Waals surface area contributed by atoms with Crippen LogP contribution in [0.1, 0.15) is 12.0 Å². The van der Waals surface area contributed by atoms with E-state index in [0.29, 0.717) is 6.42 Å². The van der Waals surface area contributed by atoms with Gasteiger partial charge in [-0.1, -0.05) is 0 Å². The molecule has 0 aliphatic rings. The third kappa shape index (κ3) is 5.25. The molecular weight excluding hydrogens is 256 g/mol. The van der Waals surface area contributed by atoms with Gasteiger partial charge in [-0.05, 0) is 61.0 Å². The Morgan fingerprint density at radius 3 is 2.80 bits per heavy atom. The highest BCUT2D eigenvalue weighted by atomic mass is 79.9. The number of hydrogen-bond donors (Lipinski definition) is 1. The number of aliphatic hydroxyl groups is 1. The zero-order valence-corrected chi connectivity index (χ0v) is 10.7. The summed E-state index contributed by atoms with van der Waals surface area (Å²) >= 11 is 3.36. The quantitative estimate of drug-likeness (QED) is 0.887. The van der Waals surface area contributed by atoms with E-state index in [1.54, 1.807) is 12.4 Å². The molecule has 1 heterocycles. The molecule has 0 aromatic carbocycles. The second-order valence-electron chi connectivity index (χ2n) is 3.96. The number of nitrogens with zero attached hydrogens (tertiary/aromatic N) is 2. The van der Waals surface area contributed by atoms with Crippen molar-refractivity contribution in [3.8, 4) is 0 Å². The van der Waals surface area contributed by atoms with E-state index in [4.69, 9.17) is 0 Å². The van der Waals surface area contributed by atoms with Crippen molar-refractivity contribution in [2.45, 2.75) is 18.9 Å². The topological polar surface area (TPSA) is 36.4 Å². The predicted molar refractivity (Wildman–Crippen MR) is 64.8 cm³/mol. The van der Waals surface area contributed by atoms with Crippen LogP contribution in [-0.2, 0) is 6.42 Å². The minimum atomic E-state index is -0.288. The molecule has 1 aromatic heterocycles. The van der Waals surface area contributed by atoms with E-state index in [2.05, 4.69) is 25.8 Å². The van der Waals surface area contributed by atoms with Crippen molar-refractivity contribution in [3.63, 3.8) is 0 Å². The predicted octanol–water partition coefficient (Wildman–Crippen LogP) is 1.70. The molecule has 0 bridgehead atoms. The van der Waals surface area contributed by atoms with Crippen LogP contribution in [0, 0.1) is 0 Å². The third-order valence-corrected chi connectivity index (χ3v) is 2.58. The summed E-state index contributed by atoms with van der Waals surface area (Å²) in [5.74, 6) is 0. The van der Waals surface area contributed by atoms with Crippen LogP contribution in [0.3, 0.4) is 0 Å². The first-order chi connectivity index (χ1) is 7.08. The first-order valence-electron chi connectivity index (χ1n) is 5.00. The number of pyridine rings is 1. The van der Waals surface area contributed by atoms with E-state index >= 15 is 0 Å². The maximum atomic E-state index is 9.77. The Morgan fingerprint density at radius 2 is 2.20 bits per heavy atom. The number of aliphatic hydroxyl groups excluding tert-OH is 1. The minimum Gasteiger partial charge on any atom is -0.393 e. The van der Waals surface area contributed by atoms with Crippen molar-refractivity contribution in [2.24, 2.45) is 0 Å². The van der Waals surface area contributed by atoms with Crippen LogP contribution in [0.25, 0.3) is 0 Å². The van der Waals surface area contributed by atoms with E-state index < -0.39 is 0 Å². The number of aromatic nitrogens is 1. The molecule has 0 saturated heterocycles. The summed E-state index contributed by atoms with van der Waals surface area (Å²) in [4.78, 5) is 6.14. The molecule has 0 radical (unpaired) electrons. The van der Waals surface area contributed by atoms with Crippen molar-refractivity contribution in [3.05, 3.63) is 28.5 Å². The average Bonchev–Trinajstić information content (AvgIpc) is 2.15. The second kappa shape index (κ2) is 6.20. The molecule has 3 nitrogen and oxygen atoms in total. The van der Waals surface area contributed by atoms with Crippen LogP contribution in [0.4, 0.5) is 0 Å². The van der Waals surface area contributed by atoms with Gasteiger partial charge in [-0.25, -0.2) is 0 Å². The van der Waals surface area contributed by atoms with Crippen molar-refractivity contribution < 1.29 is 5.11 Å². The first kappa shape index (κ1) is 12.6. The van der Waals surface area contributed by atoms with Gasteiger partial charge >= 0.3 is 0 Å². The lowest BCUT2D eigenvalue weighted by molar-refractivity contribution is 0.152. The number of hydrogen-bond acceptors (Lipinski definition) is 3. The van der Waals surface area contributed by atoms with Crippen LogP contribution in [-0.4, -0.2) is 41.7 Å². The third-order valence-electron chi connectivity index (χ3n) is 2.14. The van der Waals surface area contributed by atoms with Gasteiger partial charge in [0.15, 0.2) is 0 Å². The summed E-state index contributed by atoms with van der Waals surface area (Å²) in [6.45, 7) is 0.905. The van der Waals surface area contributed by atoms with Crippen molar-refractivity contribution in [1.29, 1.82) is 0 Å². The molecule has 0 amide bonds. The SMILES string of the molecule is CN(C)CCC(O)Cc1cncc(Br)c1. The summed E-state index contributed by atoms with van der Waals surface area (Å²) in [7, 11) is 4.01. The number of rotatable bonds is 5. The molecule has 15 heavy (non-hydrogen) atoms. The summed E-state index contributed by atoms with van der Waals surface area (Å²) in [6, 6.07) is 1.99. The second-order valence-corrected chi connectivity index (χ2v) is 4.88. The Hall–Kier alpha value is -0.450. The lowest BCUT2D eigenvalue weighted by Gasteiger charge is -2.14. The van der Waals surface area contributed by atoms with Crippen LogP contribution in [0.5, 0.6) is 0 Å². The van der Waals surface area contributed by atoms with Gasteiger partial charge < -0.3 is 10.0 Å². The molecular formula is C11H17BrN2O. The van der Waals surface area contributed by atoms with E-state index in [0.717, 1.165) is 23.0 Å². The van der Waals surface area contributed by atoms with Gasteiger partial charge in [-0.3, -0.25) is 4.98 Å². The molecule has 4 heteroatoms. The fourth-order valence-corrected chi connectivity index (χ4v) is 1.76. The van der Waals surface area contributed by atoms with E-state index in [-0.39, 0.29) is 6.10 Å². The molecule has 0 saturated carbocycles. The molecule has 1 unspecified atom stereocenters. The molecule has 1 N–H and O–H groups in total. The zero-order valence-electron chi connectivity index (χ0n) is 9.15. The first-order valence-corrected chi connectivity index (χ1v) is 5.79. The van der Waals surface area contributed by atoms with Crippen molar-refractivity contribution >= 4 is 15.9 Å². The summed E-state index contributed by atoms with van der Waals surface area (Å²) in [5.41, 5.74) is 1.07. The minimum absolute atomic E-state index is 0.288. The monoisotopic (exact) mass is 272 g/mol. The molecule has 0 aliphatic carbocycles. The Balaban J connectivity index is 2.40. The van der Waals surface area contributed by atoms with Gasteiger partial charge in [0, 0.05) is 16.9 Å². The Bertz CT molecular complexity index is 304. The largest absolute Gasteiger partial charge is 0.393 e.